The van der Waals surface area contributed by atoms with Crippen molar-refractivity contribution in [1.82, 2.24) is 15.0 Å². The molecule has 11 aromatic rings. The molecule has 8 aromatic carbocycles. The summed E-state index contributed by atoms with van der Waals surface area (Å²) in [7, 11) is 0. The maximum Gasteiger partial charge on any atom is 0.164 e. The molecule has 0 unspecified atom stereocenters. The molecule has 0 N–H and O–H groups in total. The molecule has 0 saturated heterocycles. The number of hydrogen-bond acceptors (Lipinski definition) is 5. The van der Waals surface area contributed by atoms with Gasteiger partial charge in [-0.25, -0.2) is 15.0 Å². The van der Waals surface area contributed by atoms with Crippen LogP contribution in [0.2, 0.25) is 0 Å². The van der Waals surface area contributed by atoms with Gasteiger partial charge in [0.2, 0.25) is 0 Å². The Kier molecular flexibility index (Phi) is 7.64. The standard InChI is InChI=1S/C51H31N3OS/c1-4-14-32(15-5-1)35-20-12-21-36(30-35)38-28-29-40(47-46(38)43-22-10-11-25-44(43)55-47)42-24-13-23-41-39-27-26-37(31-45(39)56-48(41)42)51-53-49(33-16-6-2-7-17-33)52-50(54-51)34-18-8-3-9-19-34/h1-31H. The van der Waals surface area contributed by atoms with Gasteiger partial charge in [0, 0.05) is 58.8 Å². The van der Waals surface area contributed by atoms with Gasteiger partial charge >= 0.3 is 0 Å². The van der Waals surface area contributed by atoms with E-state index in [0.29, 0.717) is 17.5 Å². The highest BCUT2D eigenvalue weighted by atomic mass is 32.1. The lowest BCUT2D eigenvalue weighted by molar-refractivity contribution is 0.670. The third-order valence-corrected chi connectivity index (χ3v) is 11.8. The molecule has 4 nitrogen and oxygen atoms in total. The molecule has 262 valence electrons. The van der Waals surface area contributed by atoms with Crippen LogP contribution in [0.1, 0.15) is 0 Å². The van der Waals surface area contributed by atoms with Crippen LogP contribution in [0.4, 0.5) is 0 Å². The van der Waals surface area contributed by atoms with Gasteiger partial charge in [0.05, 0.1) is 0 Å². The molecule has 5 heteroatoms. The Balaban J connectivity index is 1.07. The summed E-state index contributed by atoms with van der Waals surface area (Å²) < 4.78 is 9.18. The third kappa shape index (κ3) is 5.48. The van der Waals surface area contributed by atoms with Crippen molar-refractivity contribution in [3.63, 3.8) is 0 Å². The summed E-state index contributed by atoms with van der Waals surface area (Å²) in [6.07, 6.45) is 0. The summed E-state index contributed by atoms with van der Waals surface area (Å²) >= 11 is 1.80. The van der Waals surface area contributed by atoms with Gasteiger partial charge in [-0.3, -0.25) is 0 Å². The maximum atomic E-state index is 6.79. The van der Waals surface area contributed by atoms with Gasteiger partial charge in [0.15, 0.2) is 17.5 Å². The number of furan rings is 1. The second-order valence-corrected chi connectivity index (χ2v) is 15.0. The lowest BCUT2D eigenvalue weighted by Gasteiger charge is -2.11. The quantitative estimate of drug-likeness (QED) is 0.171. The number of para-hydroxylation sites is 1. The summed E-state index contributed by atoms with van der Waals surface area (Å²) in [4.78, 5) is 14.9. The van der Waals surface area contributed by atoms with Gasteiger partial charge in [-0.1, -0.05) is 164 Å². The molecule has 0 fully saturated rings. The van der Waals surface area contributed by atoms with E-state index < -0.39 is 0 Å². The van der Waals surface area contributed by atoms with E-state index in [2.05, 4.69) is 121 Å². The van der Waals surface area contributed by atoms with Crippen LogP contribution in [0.5, 0.6) is 0 Å². The highest BCUT2D eigenvalue weighted by Gasteiger charge is 2.21. The van der Waals surface area contributed by atoms with Crippen molar-refractivity contribution >= 4 is 53.4 Å². The highest BCUT2D eigenvalue weighted by molar-refractivity contribution is 7.26. The van der Waals surface area contributed by atoms with Crippen molar-refractivity contribution in [3.8, 4) is 67.5 Å². The van der Waals surface area contributed by atoms with E-state index in [4.69, 9.17) is 19.4 Å². The molecule has 3 aromatic heterocycles. The number of fused-ring (bicyclic) bond motifs is 6. The Morgan fingerprint density at radius 2 is 0.929 bits per heavy atom. The molecule has 0 radical (unpaired) electrons. The van der Waals surface area contributed by atoms with Crippen molar-refractivity contribution < 1.29 is 4.42 Å². The molecule has 3 heterocycles. The van der Waals surface area contributed by atoms with E-state index in [-0.39, 0.29) is 0 Å². The molecule has 0 aliphatic heterocycles. The fourth-order valence-corrected chi connectivity index (χ4v) is 9.13. The molecule has 0 atom stereocenters. The summed E-state index contributed by atoms with van der Waals surface area (Å²) in [5.74, 6) is 1.95. The predicted molar refractivity (Wildman–Crippen MR) is 233 cm³/mol. The van der Waals surface area contributed by atoms with Crippen molar-refractivity contribution in [2.24, 2.45) is 0 Å². The number of hydrogen-bond donors (Lipinski definition) is 0. The van der Waals surface area contributed by atoms with Crippen LogP contribution in [-0.2, 0) is 0 Å². The van der Waals surface area contributed by atoms with Crippen molar-refractivity contribution in [1.29, 1.82) is 0 Å². The second kappa shape index (κ2) is 13.3. The van der Waals surface area contributed by atoms with E-state index in [1.807, 2.05) is 66.7 Å². The molecule has 0 spiro atoms. The van der Waals surface area contributed by atoms with Gasteiger partial charge in [0.1, 0.15) is 11.2 Å². The summed E-state index contributed by atoms with van der Waals surface area (Å²) in [6, 6.07) is 65.6. The van der Waals surface area contributed by atoms with E-state index >= 15 is 0 Å². The Morgan fingerprint density at radius 1 is 0.357 bits per heavy atom. The first kappa shape index (κ1) is 32.2. The average molecular weight is 734 g/mol. The lowest BCUT2D eigenvalue weighted by atomic mass is 9.92. The van der Waals surface area contributed by atoms with Gasteiger partial charge in [-0.15, -0.1) is 11.3 Å². The Labute approximate surface area is 327 Å². The van der Waals surface area contributed by atoms with Gasteiger partial charge in [0.25, 0.3) is 0 Å². The predicted octanol–water partition coefficient (Wildman–Crippen LogP) is 14.1. The summed E-state index contributed by atoms with van der Waals surface area (Å²) in [5, 5.41) is 4.65. The molecular formula is C51H31N3OS. The fraction of sp³-hybridized carbons (Fsp3) is 0. The van der Waals surface area contributed by atoms with Gasteiger partial charge < -0.3 is 4.42 Å². The normalized spacial score (nSPS) is 11.6. The maximum absolute atomic E-state index is 6.79. The van der Waals surface area contributed by atoms with E-state index in [9.17, 15) is 0 Å². The SMILES string of the molecule is c1ccc(-c2cccc(-c3ccc(-c4cccc5c4sc4cc(-c6nc(-c7ccccc7)nc(-c7ccccc7)n6)ccc45)c4oc5ccccc5c34)c2)cc1. The largest absolute Gasteiger partial charge is 0.455 e. The number of aromatic nitrogens is 3. The summed E-state index contributed by atoms with van der Waals surface area (Å²) in [6.45, 7) is 0. The zero-order valence-corrected chi connectivity index (χ0v) is 30.9. The zero-order valence-electron chi connectivity index (χ0n) is 30.1. The minimum Gasteiger partial charge on any atom is -0.455 e. The van der Waals surface area contributed by atoms with E-state index in [0.717, 1.165) is 60.9 Å². The first-order valence-electron chi connectivity index (χ1n) is 18.7. The minimum atomic E-state index is 0.646. The molecule has 0 aliphatic carbocycles. The monoisotopic (exact) mass is 733 g/mol. The Morgan fingerprint density at radius 3 is 1.66 bits per heavy atom. The average Bonchev–Trinajstić information content (AvgIpc) is 3.86. The molecule has 0 amide bonds. The van der Waals surface area contributed by atoms with Crippen LogP contribution < -0.4 is 0 Å². The third-order valence-electron chi connectivity index (χ3n) is 10.6. The molecule has 0 aliphatic rings. The van der Waals surface area contributed by atoms with E-state index in [1.165, 1.54) is 31.3 Å². The number of rotatable bonds is 6. The molecule has 0 bridgehead atoms. The van der Waals surface area contributed by atoms with E-state index in [1.54, 1.807) is 11.3 Å². The first-order chi connectivity index (χ1) is 27.7. The van der Waals surface area contributed by atoms with Gasteiger partial charge in [-0.05, 0) is 46.5 Å². The lowest BCUT2D eigenvalue weighted by Crippen LogP contribution is -1.99. The van der Waals surface area contributed by atoms with Crippen LogP contribution >= 0.6 is 11.3 Å². The Hall–Kier alpha value is -7.21. The fourth-order valence-electron chi connectivity index (χ4n) is 7.86. The minimum absolute atomic E-state index is 0.646. The smallest absolute Gasteiger partial charge is 0.164 e. The molecular weight excluding hydrogens is 703 g/mol. The van der Waals surface area contributed by atoms with Crippen molar-refractivity contribution in [2.75, 3.05) is 0 Å². The van der Waals surface area contributed by atoms with Crippen LogP contribution in [0.25, 0.3) is 110 Å². The first-order valence-corrected chi connectivity index (χ1v) is 19.5. The van der Waals surface area contributed by atoms with Crippen molar-refractivity contribution in [3.05, 3.63) is 188 Å². The van der Waals surface area contributed by atoms with Crippen LogP contribution in [0, 0.1) is 0 Å². The highest BCUT2D eigenvalue weighted by Crippen LogP contribution is 2.46. The molecule has 11 rings (SSSR count). The zero-order chi connectivity index (χ0) is 37.0. The molecule has 0 saturated carbocycles. The van der Waals surface area contributed by atoms with Crippen molar-refractivity contribution in [2.45, 2.75) is 0 Å². The topological polar surface area (TPSA) is 51.8 Å². The van der Waals surface area contributed by atoms with Crippen LogP contribution in [0.15, 0.2) is 192 Å². The van der Waals surface area contributed by atoms with Crippen LogP contribution in [0.3, 0.4) is 0 Å². The number of benzene rings is 8. The number of nitrogens with zero attached hydrogens (tertiary/aromatic N) is 3. The molecule has 56 heavy (non-hydrogen) atoms. The number of thiophene rings is 1. The second-order valence-electron chi connectivity index (χ2n) is 13.9. The Bertz CT molecular complexity index is 3180. The van der Waals surface area contributed by atoms with Crippen LogP contribution in [-0.4, -0.2) is 15.0 Å². The summed E-state index contributed by atoms with van der Waals surface area (Å²) in [5.41, 5.74) is 11.6. The van der Waals surface area contributed by atoms with Gasteiger partial charge in [-0.2, -0.15) is 0 Å².